The van der Waals surface area contributed by atoms with E-state index in [0.29, 0.717) is 68.5 Å². The van der Waals surface area contributed by atoms with Crippen LogP contribution in [0.3, 0.4) is 0 Å². The molecule has 17 fully saturated rings. The van der Waals surface area contributed by atoms with Crippen LogP contribution in [0.25, 0.3) is 0 Å². The molecule has 7 N–H and O–H groups in total. The average molecular weight is 1900 g/mol. The molecule has 7 nitrogen and oxygen atoms in total. The van der Waals surface area contributed by atoms with Crippen molar-refractivity contribution in [2.45, 2.75) is 394 Å². The van der Waals surface area contributed by atoms with Gasteiger partial charge < -0.3 is 35.7 Å². The Bertz CT molecular complexity index is 4380. The van der Waals surface area contributed by atoms with Crippen molar-refractivity contribution in [2.75, 3.05) is 23.9 Å². The summed E-state index contributed by atoms with van der Waals surface area (Å²) in [6, 6.07) is 0. The summed E-state index contributed by atoms with van der Waals surface area (Å²) in [5.74, 6) is 33.8. The van der Waals surface area contributed by atoms with Crippen LogP contribution in [0, 0.1) is 211 Å². The number of hydrogen-bond donors (Lipinski definition) is 7. The molecule has 130 heavy (non-hydrogen) atoms. The Labute approximate surface area is 807 Å². The average Bonchev–Trinajstić information content (AvgIpc) is 1.53. The smallest absolute Gasteiger partial charge is 0.129 e. The van der Waals surface area contributed by atoms with E-state index in [1.165, 1.54) is 228 Å². The molecule has 35 atom stereocenters. The highest BCUT2D eigenvalue weighted by molar-refractivity contribution is 9.09. The molecule has 0 bridgehead atoms. The van der Waals surface area contributed by atoms with Gasteiger partial charge in [-0.1, -0.05) is 197 Å². The maximum Gasteiger partial charge on any atom is 0.129 e. The van der Waals surface area contributed by atoms with Gasteiger partial charge in [-0.05, 0) is 504 Å². The van der Waals surface area contributed by atoms with E-state index in [4.69, 9.17) is 0 Å². The number of rotatable bonds is 9. The minimum atomic E-state index is -0.766. The summed E-state index contributed by atoms with van der Waals surface area (Å²) in [6.45, 7) is 50.0. The van der Waals surface area contributed by atoms with Crippen molar-refractivity contribution in [2.24, 2.45) is 187 Å². The second-order valence-electron chi connectivity index (χ2n) is 52.4. The number of hydrogen-bond acceptors (Lipinski definition) is 7. The van der Waals surface area contributed by atoms with Crippen molar-refractivity contribution < 1.29 is 35.7 Å². The minimum Gasteiger partial charge on any atom is -0.392 e. The Hall–Kier alpha value is -2.80. The van der Waals surface area contributed by atoms with E-state index in [1.807, 2.05) is 20.8 Å². The summed E-state index contributed by atoms with van der Waals surface area (Å²) in [5.41, 5.74) is 18.4. The predicted molar refractivity (Wildman–Crippen MR) is 543 cm³/mol. The highest BCUT2D eigenvalue weighted by Gasteiger charge is 2.64. The summed E-state index contributed by atoms with van der Waals surface area (Å²) in [6.07, 6.45) is 57.9. The van der Waals surface area contributed by atoms with Crippen LogP contribution in [-0.4, -0.2) is 87.6 Å². The number of halogens is 2. The summed E-state index contributed by atoms with van der Waals surface area (Å²) in [7, 11) is 0. The lowest BCUT2D eigenvalue weighted by Gasteiger charge is -2.55. The highest BCUT2D eigenvalue weighted by Crippen LogP contribution is 2.72. The largest absolute Gasteiger partial charge is 0.392 e. The summed E-state index contributed by atoms with van der Waals surface area (Å²) < 4.78 is 0. The molecule has 0 aromatic rings. The number of fused-ring (bicyclic) bond motifs is 25. The number of aliphatic hydroxyl groups is 7. The first-order valence-electron chi connectivity index (χ1n) is 54.4. The fourth-order valence-electron chi connectivity index (χ4n) is 38.0. The standard InChI is InChI=1S/C26H35BrO.C26H36O2.C23H35BrO.C23H36O2.C23H36O/c2*1-17(16-27)23-7-8-24-22-6-5-19-15-26(28,13-9-18-3-4-18)14-11-20(19)21(22)10-12-25(23,24)2;2*1-14-11-18-16(17-7-9-22(3,25)12-19(14)17)8-10-23(4)20(15(2)13-24)5-6-21(18)23;1-14(2)20-6-7-21-18-12-15(3)19-13-22(4,24)10-8-17(19)16(18)9-11-23(20,21)5/h5,18,20-24,28H,1,3-4,6-8,10-12,14-16H2,2H3;5,18,20-24,27-28H,1,3-4,6-8,10-12,14-16H2,2H3;16-18,20-21,25H,2,5-13H2,1,3-4H3;16-18,20-21,24-25H,2,5-13H2,1,3-4H3;16-18,20-21,24H,1,6-13H2,2-5H3/t2*20-,21+,22+,23+,24-,25+,26+;3*16-,17-,18-,20-,21+,22-,23-/m00111/s1. The molecule has 0 unspecified atom stereocenters. The number of aliphatic hydroxyl groups excluding tert-OH is 2. The number of alkyl halides is 2. The summed E-state index contributed by atoms with van der Waals surface area (Å²) >= 11 is 7.34. The molecular formula is C121H178Br2O7. The third-order valence-electron chi connectivity index (χ3n) is 44.8. The fraction of sp³-hybridized carbons (Fsp3) is 0.802. The van der Waals surface area contributed by atoms with Crippen molar-refractivity contribution in [1.29, 1.82) is 0 Å². The molecular weight excluding hydrogens is 1730 g/mol. The van der Waals surface area contributed by atoms with Crippen LogP contribution in [0.5, 0.6) is 0 Å². The zero-order valence-corrected chi connectivity index (χ0v) is 86.8. The molecule has 22 aliphatic carbocycles. The van der Waals surface area contributed by atoms with Gasteiger partial charge in [0.25, 0.3) is 0 Å². The first kappa shape index (κ1) is 97.4. The SMILES string of the molecule is C=C(C)[C@H]1CC[C@H]2[C@@H]3CC(C)=C4C[C@](C)(O)CC[C@@H]4[C@H]3CC[C@]12C.C=C(CBr)[C@H]1CC[C@H]2[C@@H]3CC(C)=C4C[C@](C)(O)CC[C@@H]4[C@H]3CC[C@]12C.C=C(CBr)[C@H]1CC[C@H]2[C@@H]3CC=C4C[C@@](O)(C#CC5CC5)CC[C@@H]4[C@H]3CC[C@]12C.C=C(CO)[C@H]1CC[C@H]2[C@@H]3CC(C)=C4C[C@](C)(O)CC[C@@H]4[C@H]3CC[C@]12C.C=C(CO)[C@H]1CC[C@H]2[C@@H]3CC=C4C[C@@](O)(C#CC5CC5)CC[C@@H]4[C@H]3CC[C@]12C. The Morgan fingerprint density at radius 2 is 0.592 bits per heavy atom. The lowest BCUT2D eigenvalue weighted by molar-refractivity contribution is -0.0319. The highest BCUT2D eigenvalue weighted by atomic mass is 79.9. The van der Waals surface area contributed by atoms with E-state index in [-0.39, 0.29) is 13.2 Å². The number of allylic oxidation sites excluding steroid dienone is 8. The third-order valence-corrected chi connectivity index (χ3v) is 46.3. The van der Waals surface area contributed by atoms with Crippen molar-refractivity contribution >= 4 is 31.9 Å². The normalized spacial score (nSPS) is 48.7. The molecule has 0 aliphatic heterocycles. The first-order valence-corrected chi connectivity index (χ1v) is 56.7. The van der Waals surface area contributed by atoms with Gasteiger partial charge in [0.1, 0.15) is 11.2 Å². The zero-order chi connectivity index (χ0) is 92.3. The van der Waals surface area contributed by atoms with Crippen molar-refractivity contribution in [3.05, 3.63) is 117 Å². The predicted octanol–water partition coefficient (Wildman–Crippen LogP) is 28.2. The Morgan fingerprint density at radius 1 is 0.323 bits per heavy atom. The fourth-order valence-corrected chi connectivity index (χ4v) is 38.8. The lowest BCUT2D eigenvalue weighted by Crippen LogP contribution is -2.48. The molecule has 0 spiro atoms. The van der Waals surface area contributed by atoms with Gasteiger partial charge in [0, 0.05) is 35.3 Å². The zero-order valence-electron chi connectivity index (χ0n) is 83.6. The van der Waals surface area contributed by atoms with Gasteiger partial charge in [-0.2, -0.15) is 0 Å². The molecule has 9 heteroatoms. The van der Waals surface area contributed by atoms with Crippen molar-refractivity contribution in [1.82, 2.24) is 0 Å². The Kier molecular flexibility index (Phi) is 27.7. The van der Waals surface area contributed by atoms with E-state index in [0.717, 1.165) is 217 Å². The van der Waals surface area contributed by atoms with Crippen LogP contribution in [0.2, 0.25) is 0 Å². The lowest BCUT2D eigenvalue weighted by atomic mass is 9.50. The first-order chi connectivity index (χ1) is 61.6. The van der Waals surface area contributed by atoms with Gasteiger partial charge in [0.15, 0.2) is 0 Å². The maximum absolute atomic E-state index is 11.1. The molecule has 22 rings (SSSR count). The second-order valence-corrected chi connectivity index (χ2v) is 53.5. The molecule has 0 heterocycles. The van der Waals surface area contributed by atoms with Gasteiger partial charge in [0.05, 0.1) is 30.0 Å². The van der Waals surface area contributed by atoms with Crippen LogP contribution in [0.4, 0.5) is 0 Å². The van der Waals surface area contributed by atoms with Crippen LogP contribution in [-0.2, 0) is 0 Å². The van der Waals surface area contributed by atoms with Crippen LogP contribution in [0.15, 0.2) is 117 Å². The van der Waals surface area contributed by atoms with Gasteiger partial charge in [-0.15, -0.1) is 0 Å². The second kappa shape index (κ2) is 37.0. The Balaban J connectivity index is 0.000000110. The van der Waals surface area contributed by atoms with Crippen LogP contribution in [0.1, 0.15) is 366 Å². The quantitative estimate of drug-likeness (QED) is 0.0693. The monoisotopic (exact) mass is 1900 g/mol. The maximum atomic E-state index is 11.1. The summed E-state index contributed by atoms with van der Waals surface area (Å²) in [4.78, 5) is 0. The topological polar surface area (TPSA) is 142 Å². The van der Waals surface area contributed by atoms with Gasteiger partial charge in [-0.3, -0.25) is 0 Å². The molecule has 0 saturated heterocycles. The molecule has 0 radical (unpaired) electrons. The molecule has 718 valence electrons. The molecule has 0 amide bonds. The van der Waals surface area contributed by atoms with Gasteiger partial charge in [0.2, 0.25) is 0 Å². The van der Waals surface area contributed by atoms with E-state index >= 15 is 0 Å². The molecule has 17 saturated carbocycles. The summed E-state index contributed by atoms with van der Waals surface area (Å²) in [5, 5.41) is 75.1. The van der Waals surface area contributed by atoms with E-state index < -0.39 is 28.0 Å². The molecule has 0 aromatic carbocycles. The van der Waals surface area contributed by atoms with Gasteiger partial charge >= 0.3 is 0 Å². The third kappa shape index (κ3) is 18.0. The van der Waals surface area contributed by atoms with E-state index in [2.05, 4.69) is 163 Å². The minimum absolute atomic E-state index is 0.147. The van der Waals surface area contributed by atoms with Crippen molar-refractivity contribution in [3.63, 3.8) is 0 Å². The van der Waals surface area contributed by atoms with Crippen molar-refractivity contribution in [3.8, 4) is 23.7 Å². The van der Waals surface area contributed by atoms with Gasteiger partial charge in [-0.25, -0.2) is 0 Å². The van der Waals surface area contributed by atoms with Crippen LogP contribution < -0.4 is 0 Å². The van der Waals surface area contributed by atoms with E-state index in [1.54, 1.807) is 39.0 Å². The van der Waals surface area contributed by atoms with E-state index in [9.17, 15) is 35.7 Å². The molecule has 22 aliphatic rings. The molecule has 0 aromatic heterocycles. The van der Waals surface area contributed by atoms with Crippen LogP contribution >= 0.6 is 31.9 Å². The Morgan fingerprint density at radius 3 is 0.877 bits per heavy atom.